The van der Waals surface area contributed by atoms with E-state index >= 15 is 0 Å². The number of nitrogens with zero attached hydrogens (tertiary/aromatic N) is 1. The van der Waals surface area contributed by atoms with Crippen molar-refractivity contribution in [2.24, 2.45) is 5.73 Å². The minimum Gasteiger partial charge on any atom is -0.493 e. The summed E-state index contributed by atoms with van der Waals surface area (Å²) in [5.41, 5.74) is 9.47. The zero-order chi connectivity index (χ0) is 11.5. The van der Waals surface area contributed by atoms with E-state index in [0.717, 1.165) is 28.0 Å². The maximum absolute atomic E-state index is 5.62. The summed E-state index contributed by atoms with van der Waals surface area (Å²) in [6.45, 7) is 0.580. The molecular formula is C11H14N2O2S. The first-order chi connectivity index (χ1) is 7.81. The summed E-state index contributed by atoms with van der Waals surface area (Å²) < 4.78 is 11.8. The van der Waals surface area contributed by atoms with Crippen LogP contribution in [0.2, 0.25) is 0 Å². The van der Waals surface area contributed by atoms with E-state index in [9.17, 15) is 0 Å². The first-order valence-electron chi connectivity index (χ1n) is 4.99. The second-order valence-corrected chi connectivity index (χ2v) is 4.18. The molecule has 0 fully saturated rings. The summed E-state index contributed by atoms with van der Waals surface area (Å²) in [6.07, 6.45) is 0.763. The normalized spacial score (nSPS) is 10.7. The van der Waals surface area contributed by atoms with E-state index in [1.807, 2.05) is 11.6 Å². The van der Waals surface area contributed by atoms with Gasteiger partial charge in [-0.05, 0) is 13.0 Å². The number of methoxy groups -OCH3 is 2. The highest BCUT2D eigenvalue weighted by Crippen LogP contribution is 2.38. The van der Waals surface area contributed by atoms with Gasteiger partial charge in [-0.2, -0.15) is 0 Å². The molecule has 0 saturated heterocycles. The van der Waals surface area contributed by atoms with Crippen molar-refractivity contribution in [2.45, 2.75) is 6.42 Å². The van der Waals surface area contributed by atoms with Crippen LogP contribution in [0.1, 0.15) is 5.56 Å². The Morgan fingerprint density at radius 2 is 2.19 bits per heavy atom. The number of hydrogen-bond donors (Lipinski definition) is 1. The average Bonchev–Trinajstić information content (AvgIpc) is 2.76. The molecule has 0 aliphatic rings. The molecule has 0 aliphatic heterocycles. The highest BCUT2D eigenvalue weighted by atomic mass is 32.1. The van der Waals surface area contributed by atoms with Crippen molar-refractivity contribution in [3.63, 3.8) is 0 Å². The van der Waals surface area contributed by atoms with Crippen LogP contribution in [0.3, 0.4) is 0 Å². The number of rotatable bonds is 4. The monoisotopic (exact) mass is 238 g/mol. The molecule has 0 atom stereocenters. The Kier molecular flexibility index (Phi) is 3.26. The van der Waals surface area contributed by atoms with Gasteiger partial charge in [-0.3, -0.25) is 0 Å². The van der Waals surface area contributed by atoms with E-state index in [1.165, 1.54) is 0 Å². The maximum atomic E-state index is 5.62. The molecule has 16 heavy (non-hydrogen) atoms. The van der Waals surface area contributed by atoms with Gasteiger partial charge in [0.05, 0.1) is 29.9 Å². The van der Waals surface area contributed by atoms with Crippen molar-refractivity contribution in [2.75, 3.05) is 20.8 Å². The number of hydrogen-bond acceptors (Lipinski definition) is 5. The van der Waals surface area contributed by atoms with E-state index in [-0.39, 0.29) is 0 Å². The van der Waals surface area contributed by atoms with Crippen molar-refractivity contribution < 1.29 is 9.47 Å². The third-order valence-electron chi connectivity index (χ3n) is 2.45. The molecule has 2 rings (SSSR count). The summed E-state index contributed by atoms with van der Waals surface area (Å²) in [5.74, 6) is 1.48. The van der Waals surface area contributed by atoms with Crippen molar-refractivity contribution in [1.29, 1.82) is 0 Å². The quantitative estimate of drug-likeness (QED) is 0.882. The summed E-state index contributed by atoms with van der Waals surface area (Å²) in [7, 11) is 3.27. The molecule has 1 heterocycles. The Morgan fingerprint density at radius 1 is 1.38 bits per heavy atom. The van der Waals surface area contributed by atoms with Crippen molar-refractivity contribution in [1.82, 2.24) is 4.98 Å². The molecule has 0 saturated carbocycles. The molecule has 4 nitrogen and oxygen atoms in total. The van der Waals surface area contributed by atoms with E-state index in [0.29, 0.717) is 12.3 Å². The van der Waals surface area contributed by atoms with E-state index < -0.39 is 0 Å². The van der Waals surface area contributed by atoms with Crippen molar-refractivity contribution in [3.05, 3.63) is 17.1 Å². The van der Waals surface area contributed by atoms with Crippen LogP contribution < -0.4 is 15.2 Å². The lowest BCUT2D eigenvalue weighted by molar-refractivity contribution is 0.353. The molecule has 86 valence electrons. The Morgan fingerprint density at radius 3 is 2.81 bits per heavy atom. The minimum absolute atomic E-state index is 0.580. The van der Waals surface area contributed by atoms with Crippen LogP contribution in [0.15, 0.2) is 11.6 Å². The molecular weight excluding hydrogens is 224 g/mol. The van der Waals surface area contributed by atoms with Gasteiger partial charge in [0.25, 0.3) is 0 Å². The zero-order valence-electron chi connectivity index (χ0n) is 9.32. The number of benzene rings is 1. The van der Waals surface area contributed by atoms with E-state index in [4.69, 9.17) is 15.2 Å². The predicted molar refractivity (Wildman–Crippen MR) is 65.5 cm³/mol. The minimum atomic E-state index is 0.580. The highest BCUT2D eigenvalue weighted by Gasteiger charge is 2.15. The van der Waals surface area contributed by atoms with Crippen LogP contribution in [0.4, 0.5) is 0 Å². The van der Waals surface area contributed by atoms with Crippen LogP contribution in [-0.2, 0) is 6.42 Å². The fourth-order valence-corrected chi connectivity index (χ4v) is 2.61. The maximum Gasteiger partial charge on any atom is 0.165 e. The van der Waals surface area contributed by atoms with Gasteiger partial charge in [0.1, 0.15) is 0 Å². The molecule has 0 unspecified atom stereocenters. The molecule has 0 amide bonds. The third-order valence-corrected chi connectivity index (χ3v) is 3.36. The zero-order valence-corrected chi connectivity index (χ0v) is 10.1. The van der Waals surface area contributed by atoms with Gasteiger partial charge in [-0.15, -0.1) is 11.3 Å². The smallest absolute Gasteiger partial charge is 0.165 e. The second kappa shape index (κ2) is 4.67. The molecule has 1 aromatic heterocycles. The third kappa shape index (κ3) is 1.72. The Labute approximate surface area is 98.0 Å². The fraction of sp³-hybridized carbons (Fsp3) is 0.364. The van der Waals surface area contributed by atoms with Gasteiger partial charge in [0, 0.05) is 11.6 Å². The summed E-state index contributed by atoms with van der Waals surface area (Å²) in [5, 5.41) is 0. The van der Waals surface area contributed by atoms with Crippen molar-refractivity contribution in [3.8, 4) is 11.5 Å². The lowest BCUT2D eigenvalue weighted by Gasteiger charge is -2.12. The van der Waals surface area contributed by atoms with Gasteiger partial charge in [-0.25, -0.2) is 4.98 Å². The molecule has 2 N–H and O–H groups in total. The van der Waals surface area contributed by atoms with Crippen LogP contribution in [0.25, 0.3) is 10.2 Å². The standard InChI is InChI=1S/C11H14N2O2S/c1-14-9-5-8-11(16-6-13-8)7(3-4-12)10(9)15-2/h5-6H,3-4,12H2,1-2H3. The molecule has 1 aromatic carbocycles. The first-order valence-corrected chi connectivity index (χ1v) is 5.87. The van der Waals surface area contributed by atoms with Gasteiger partial charge >= 0.3 is 0 Å². The van der Waals surface area contributed by atoms with Gasteiger partial charge < -0.3 is 15.2 Å². The largest absolute Gasteiger partial charge is 0.493 e. The molecule has 0 radical (unpaired) electrons. The highest BCUT2D eigenvalue weighted by molar-refractivity contribution is 7.17. The topological polar surface area (TPSA) is 57.4 Å². The summed E-state index contributed by atoms with van der Waals surface area (Å²) in [6, 6.07) is 1.89. The van der Waals surface area contributed by atoms with Crippen LogP contribution >= 0.6 is 11.3 Å². The molecule has 2 aromatic rings. The SMILES string of the molecule is COc1cc2ncsc2c(CCN)c1OC. The lowest BCUT2D eigenvalue weighted by Crippen LogP contribution is -2.05. The van der Waals surface area contributed by atoms with Crippen LogP contribution in [-0.4, -0.2) is 25.7 Å². The number of aromatic nitrogens is 1. The van der Waals surface area contributed by atoms with Gasteiger partial charge in [0.15, 0.2) is 11.5 Å². The van der Waals surface area contributed by atoms with Gasteiger partial charge in [0.2, 0.25) is 0 Å². The molecule has 0 spiro atoms. The lowest BCUT2D eigenvalue weighted by atomic mass is 10.1. The Balaban J connectivity index is 2.71. The molecule has 0 aliphatic carbocycles. The summed E-state index contributed by atoms with van der Waals surface area (Å²) >= 11 is 1.60. The van der Waals surface area contributed by atoms with E-state index in [2.05, 4.69) is 4.98 Å². The summed E-state index contributed by atoms with van der Waals surface area (Å²) in [4.78, 5) is 4.29. The fourth-order valence-electron chi connectivity index (χ4n) is 1.77. The number of ether oxygens (including phenoxy) is 2. The number of nitrogens with two attached hydrogens (primary N) is 1. The molecule has 5 heteroatoms. The van der Waals surface area contributed by atoms with Crippen LogP contribution in [0.5, 0.6) is 11.5 Å². The van der Waals surface area contributed by atoms with Gasteiger partial charge in [-0.1, -0.05) is 0 Å². The predicted octanol–water partition coefficient (Wildman–Crippen LogP) is 1.81. The Bertz CT molecular complexity index is 496. The van der Waals surface area contributed by atoms with Crippen molar-refractivity contribution >= 4 is 21.6 Å². The number of thiazole rings is 1. The average molecular weight is 238 g/mol. The molecule has 0 bridgehead atoms. The number of fused-ring (bicyclic) bond motifs is 1. The Hall–Kier alpha value is -1.33. The second-order valence-electron chi connectivity index (χ2n) is 3.33. The van der Waals surface area contributed by atoms with E-state index in [1.54, 1.807) is 25.6 Å². The first kappa shape index (κ1) is 11.2. The van der Waals surface area contributed by atoms with Crippen LogP contribution in [0, 0.1) is 0 Å².